The van der Waals surface area contributed by atoms with E-state index in [-0.39, 0.29) is 11.9 Å². The van der Waals surface area contributed by atoms with Crippen LogP contribution in [0.5, 0.6) is 5.88 Å². The number of ether oxygens (including phenoxy) is 1. The first-order chi connectivity index (χ1) is 10.0. The van der Waals surface area contributed by atoms with Gasteiger partial charge >= 0.3 is 0 Å². The lowest BCUT2D eigenvalue weighted by molar-refractivity contribution is 0.195. The van der Waals surface area contributed by atoms with Crippen LogP contribution < -0.4 is 10.1 Å². The smallest absolute Gasteiger partial charge is 0.218 e. The zero-order valence-electron chi connectivity index (χ0n) is 13.8. The Bertz CT molecular complexity index is 410. The van der Waals surface area contributed by atoms with Crippen molar-refractivity contribution >= 4 is 0 Å². The molecule has 3 nitrogen and oxygen atoms in total. The number of halogens is 1. The molecule has 0 spiro atoms. The largest absolute Gasteiger partial charge is 0.474 e. The van der Waals surface area contributed by atoms with E-state index in [2.05, 4.69) is 38.0 Å². The average Bonchev–Trinajstić information content (AvgIpc) is 2.44. The van der Waals surface area contributed by atoms with Crippen LogP contribution in [0.4, 0.5) is 4.39 Å². The van der Waals surface area contributed by atoms with Gasteiger partial charge in [0, 0.05) is 18.2 Å². The zero-order chi connectivity index (χ0) is 15.7. The molecule has 0 bridgehead atoms. The summed E-state index contributed by atoms with van der Waals surface area (Å²) in [5, 5.41) is 3.28. The molecule has 0 aliphatic carbocycles. The molecule has 120 valence electrons. The Balaban J connectivity index is 2.55. The molecule has 0 saturated carbocycles. The number of hydrogen-bond acceptors (Lipinski definition) is 3. The monoisotopic (exact) mass is 296 g/mol. The van der Waals surface area contributed by atoms with Gasteiger partial charge in [0.25, 0.3) is 0 Å². The summed E-state index contributed by atoms with van der Waals surface area (Å²) in [4.78, 5) is 4.10. The molecule has 1 heterocycles. The molecular formula is C17H29FN2O. The number of aromatic nitrogens is 1. The fourth-order valence-corrected chi connectivity index (χ4v) is 2.12. The van der Waals surface area contributed by atoms with Crippen molar-refractivity contribution < 1.29 is 9.13 Å². The first-order valence-electron chi connectivity index (χ1n) is 8.07. The molecule has 0 aromatic carbocycles. The molecule has 21 heavy (non-hydrogen) atoms. The predicted octanol–water partition coefficient (Wildman–Crippen LogP) is 4.46. The van der Waals surface area contributed by atoms with Crippen molar-refractivity contribution in [3.05, 3.63) is 23.6 Å². The van der Waals surface area contributed by atoms with Gasteiger partial charge in [-0.25, -0.2) is 9.37 Å². The minimum atomic E-state index is -0.321. The fraction of sp³-hybridized carbons (Fsp3) is 0.706. The van der Waals surface area contributed by atoms with E-state index in [9.17, 15) is 4.39 Å². The highest BCUT2D eigenvalue weighted by atomic mass is 19.1. The Morgan fingerprint density at radius 1 is 1.24 bits per heavy atom. The Kier molecular flexibility index (Phi) is 8.28. The molecule has 1 aromatic heterocycles. The van der Waals surface area contributed by atoms with Crippen LogP contribution in [-0.2, 0) is 6.54 Å². The van der Waals surface area contributed by atoms with Crippen molar-refractivity contribution in [1.82, 2.24) is 10.3 Å². The molecule has 0 fully saturated rings. The zero-order valence-corrected chi connectivity index (χ0v) is 13.8. The van der Waals surface area contributed by atoms with Crippen LogP contribution in [0.3, 0.4) is 0 Å². The summed E-state index contributed by atoms with van der Waals surface area (Å²) in [5.41, 5.74) is 0.782. The van der Waals surface area contributed by atoms with Crippen LogP contribution in [-0.4, -0.2) is 17.1 Å². The number of unbranched alkanes of at least 4 members (excludes halogenated alkanes) is 3. The van der Waals surface area contributed by atoms with Crippen molar-refractivity contribution in [2.75, 3.05) is 0 Å². The summed E-state index contributed by atoms with van der Waals surface area (Å²) in [5.74, 6) is 0.228. The lowest BCUT2D eigenvalue weighted by Crippen LogP contribution is -2.23. The molecule has 1 unspecified atom stereocenters. The Morgan fingerprint density at radius 2 is 2.00 bits per heavy atom. The van der Waals surface area contributed by atoms with Gasteiger partial charge in [0.2, 0.25) is 5.88 Å². The summed E-state index contributed by atoms with van der Waals surface area (Å²) in [6, 6.07) is 1.84. The molecule has 1 N–H and O–H groups in total. The quantitative estimate of drug-likeness (QED) is 0.647. The van der Waals surface area contributed by atoms with Crippen LogP contribution >= 0.6 is 0 Å². The van der Waals surface area contributed by atoms with Crippen molar-refractivity contribution in [3.63, 3.8) is 0 Å². The van der Waals surface area contributed by atoms with Gasteiger partial charge in [-0.05, 0) is 25.8 Å². The topological polar surface area (TPSA) is 34.1 Å². The Hall–Kier alpha value is -1.16. The molecule has 0 aliphatic heterocycles. The lowest BCUT2D eigenvalue weighted by atomic mass is 10.1. The molecule has 4 heteroatoms. The Labute approximate surface area is 128 Å². The first kappa shape index (κ1) is 17.9. The summed E-state index contributed by atoms with van der Waals surface area (Å²) < 4.78 is 19.2. The highest BCUT2D eigenvalue weighted by Crippen LogP contribution is 2.19. The third-order valence-electron chi connectivity index (χ3n) is 3.37. The van der Waals surface area contributed by atoms with Gasteiger partial charge in [-0.1, -0.05) is 40.0 Å². The number of hydrogen-bond donors (Lipinski definition) is 1. The van der Waals surface area contributed by atoms with Gasteiger partial charge in [-0.3, -0.25) is 0 Å². The number of nitrogens with zero attached hydrogens (tertiary/aromatic N) is 1. The maximum Gasteiger partial charge on any atom is 0.218 e. The standard InChI is InChI=1S/C17H29FN2O/c1-5-6-7-8-9-14(4)21-17-15(11-19-13(2)3)10-16(18)12-20-17/h10,12-14,19H,5-9,11H2,1-4H3. The molecule has 0 saturated heterocycles. The van der Waals surface area contributed by atoms with E-state index in [1.54, 1.807) is 0 Å². The van der Waals surface area contributed by atoms with Gasteiger partial charge in [-0.15, -0.1) is 0 Å². The third kappa shape index (κ3) is 7.42. The van der Waals surface area contributed by atoms with Crippen LogP contribution in [0, 0.1) is 5.82 Å². The van der Waals surface area contributed by atoms with Crippen LogP contribution in [0.2, 0.25) is 0 Å². The second-order valence-electron chi connectivity index (χ2n) is 5.93. The first-order valence-corrected chi connectivity index (χ1v) is 8.07. The van der Waals surface area contributed by atoms with E-state index < -0.39 is 0 Å². The van der Waals surface area contributed by atoms with Gasteiger partial charge < -0.3 is 10.1 Å². The second kappa shape index (κ2) is 9.72. The molecule has 0 amide bonds. The van der Waals surface area contributed by atoms with E-state index in [4.69, 9.17) is 4.74 Å². The van der Waals surface area contributed by atoms with Gasteiger partial charge in [0.1, 0.15) is 5.82 Å². The summed E-state index contributed by atoms with van der Waals surface area (Å²) in [6.45, 7) is 8.94. The molecule has 1 atom stereocenters. The van der Waals surface area contributed by atoms with Gasteiger partial charge in [0.05, 0.1) is 12.3 Å². The predicted molar refractivity (Wildman–Crippen MR) is 85.0 cm³/mol. The van der Waals surface area contributed by atoms with Crippen molar-refractivity contribution in [2.45, 2.75) is 78.5 Å². The fourth-order valence-electron chi connectivity index (χ4n) is 2.12. The third-order valence-corrected chi connectivity index (χ3v) is 3.37. The second-order valence-corrected chi connectivity index (χ2v) is 5.93. The molecular weight excluding hydrogens is 267 g/mol. The van der Waals surface area contributed by atoms with Gasteiger partial charge in [0.15, 0.2) is 0 Å². The van der Waals surface area contributed by atoms with E-state index in [0.717, 1.165) is 18.4 Å². The van der Waals surface area contributed by atoms with E-state index in [1.807, 2.05) is 0 Å². The summed E-state index contributed by atoms with van der Waals surface area (Å²) in [7, 11) is 0. The minimum absolute atomic E-state index is 0.109. The normalized spacial score (nSPS) is 12.7. The number of nitrogens with one attached hydrogen (secondary N) is 1. The van der Waals surface area contributed by atoms with Crippen molar-refractivity contribution in [2.24, 2.45) is 0 Å². The summed E-state index contributed by atoms with van der Waals surface area (Å²) >= 11 is 0. The molecule has 0 radical (unpaired) electrons. The molecule has 1 aromatic rings. The van der Waals surface area contributed by atoms with Crippen molar-refractivity contribution in [1.29, 1.82) is 0 Å². The van der Waals surface area contributed by atoms with E-state index in [1.165, 1.54) is 31.5 Å². The van der Waals surface area contributed by atoms with Crippen LogP contribution in [0.1, 0.15) is 65.4 Å². The van der Waals surface area contributed by atoms with E-state index in [0.29, 0.717) is 18.5 Å². The maximum atomic E-state index is 13.4. The number of pyridine rings is 1. The molecule has 1 rings (SSSR count). The minimum Gasteiger partial charge on any atom is -0.474 e. The average molecular weight is 296 g/mol. The summed E-state index contributed by atoms with van der Waals surface area (Å²) in [6.07, 6.45) is 7.25. The van der Waals surface area contributed by atoms with Crippen LogP contribution in [0.15, 0.2) is 12.3 Å². The van der Waals surface area contributed by atoms with E-state index >= 15 is 0 Å². The highest BCUT2D eigenvalue weighted by Gasteiger charge is 2.11. The highest BCUT2D eigenvalue weighted by molar-refractivity contribution is 5.26. The van der Waals surface area contributed by atoms with Crippen LogP contribution in [0.25, 0.3) is 0 Å². The molecule has 0 aliphatic rings. The van der Waals surface area contributed by atoms with Crippen molar-refractivity contribution in [3.8, 4) is 5.88 Å². The van der Waals surface area contributed by atoms with Gasteiger partial charge in [-0.2, -0.15) is 0 Å². The maximum absolute atomic E-state index is 13.4. The SMILES string of the molecule is CCCCCCC(C)Oc1ncc(F)cc1CNC(C)C. The number of rotatable bonds is 10. The lowest BCUT2D eigenvalue weighted by Gasteiger charge is -2.17. The Morgan fingerprint density at radius 3 is 2.67 bits per heavy atom.